The normalized spacial score (nSPS) is 13.2. The van der Waals surface area contributed by atoms with E-state index in [2.05, 4.69) is 10.4 Å². The highest BCUT2D eigenvalue weighted by Crippen LogP contribution is 1.94. The van der Waals surface area contributed by atoms with Crippen molar-refractivity contribution in [2.75, 3.05) is 13.7 Å². The summed E-state index contributed by atoms with van der Waals surface area (Å²) in [7, 11) is 1.85. The lowest BCUT2D eigenvalue weighted by Gasteiger charge is -2.12. The number of likely N-dealkylation sites (N-methyl/N-ethyl adjacent to an activating group) is 1. The Labute approximate surface area is 72.2 Å². The number of hydrogen-bond donors (Lipinski definition) is 2. The van der Waals surface area contributed by atoms with E-state index < -0.39 is 0 Å². The molecule has 0 spiro atoms. The zero-order valence-electron chi connectivity index (χ0n) is 7.27. The molecule has 1 heterocycles. The number of aliphatic hydroxyl groups excluding tert-OH is 1. The molecule has 4 nitrogen and oxygen atoms in total. The number of aryl methyl sites for hydroxylation is 1. The Hall–Kier alpha value is -0.870. The second kappa shape index (κ2) is 4.90. The minimum Gasteiger partial charge on any atom is -0.395 e. The van der Waals surface area contributed by atoms with Crippen LogP contribution in [0.4, 0.5) is 0 Å². The van der Waals surface area contributed by atoms with Crippen molar-refractivity contribution in [2.45, 2.75) is 19.0 Å². The van der Waals surface area contributed by atoms with E-state index in [4.69, 9.17) is 5.11 Å². The number of aliphatic hydroxyl groups is 1. The topological polar surface area (TPSA) is 50.1 Å². The van der Waals surface area contributed by atoms with Crippen LogP contribution in [0.3, 0.4) is 0 Å². The molecule has 4 heteroatoms. The molecule has 0 radical (unpaired) electrons. The summed E-state index contributed by atoms with van der Waals surface area (Å²) < 4.78 is 1.86. The lowest BCUT2D eigenvalue weighted by molar-refractivity contribution is 0.236. The second-order valence-corrected chi connectivity index (χ2v) is 2.73. The van der Waals surface area contributed by atoms with Gasteiger partial charge in [0, 0.05) is 25.0 Å². The number of rotatable bonds is 5. The lowest BCUT2D eigenvalue weighted by Crippen LogP contribution is -2.30. The maximum atomic E-state index is 8.86. The van der Waals surface area contributed by atoms with Gasteiger partial charge < -0.3 is 10.4 Å². The standard InChI is InChI=1S/C8H15N3O/c1-9-8(7-12)3-6-11-5-2-4-10-11/h2,4-5,8-9,12H,3,6-7H2,1H3. The van der Waals surface area contributed by atoms with Crippen LogP contribution in [0.1, 0.15) is 6.42 Å². The summed E-state index contributed by atoms with van der Waals surface area (Å²) in [5, 5.41) is 15.9. The minimum absolute atomic E-state index is 0.175. The number of nitrogens with zero attached hydrogens (tertiary/aromatic N) is 2. The maximum Gasteiger partial charge on any atom is 0.0585 e. The van der Waals surface area contributed by atoms with Gasteiger partial charge in [0.25, 0.3) is 0 Å². The van der Waals surface area contributed by atoms with Crippen molar-refractivity contribution in [1.29, 1.82) is 0 Å². The van der Waals surface area contributed by atoms with E-state index in [9.17, 15) is 0 Å². The van der Waals surface area contributed by atoms with Crippen LogP contribution in [0.2, 0.25) is 0 Å². The van der Waals surface area contributed by atoms with Crippen LogP contribution < -0.4 is 5.32 Å². The Kier molecular flexibility index (Phi) is 3.76. The molecule has 0 fully saturated rings. The van der Waals surface area contributed by atoms with Crippen LogP contribution in [0.15, 0.2) is 18.5 Å². The largest absolute Gasteiger partial charge is 0.395 e. The van der Waals surface area contributed by atoms with Gasteiger partial charge in [-0.2, -0.15) is 5.10 Å². The van der Waals surface area contributed by atoms with Gasteiger partial charge in [-0.3, -0.25) is 4.68 Å². The van der Waals surface area contributed by atoms with Gasteiger partial charge in [0.2, 0.25) is 0 Å². The molecule has 0 saturated heterocycles. The molecule has 0 saturated carbocycles. The summed E-state index contributed by atoms with van der Waals surface area (Å²) in [6.07, 6.45) is 4.58. The third kappa shape index (κ3) is 2.64. The predicted molar refractivity (Wildman–Crippen MR) is 46.8 cm³/mol. The third-order valence-electron chi connectivity index (χ3n) is 1.89. The van der Waals surface area contributed by atoms with E-state index in [1.54, 1.807) is 6.20 Å². The van der Waals surface area contributed by atoms with Gasteiger partial charge in [-0.1, -0.05) is 0 Å². The quantitative estimate of drug-likeness (QED) is 0.644. The summed E-state index contributed by atoms with van der Waals surface area (Å²) in [6.45, 7) is 1.02. The highest BCUT2D eigenvalue weighted by molar-refractivity contribution is 4.78. The average Bonchev–Trinajstić information content (AvgIpc) is 2.59. The fourth-order valence-electron chi connectivity index (χ4n) is 1.05. The first-order chi connectivity index (χ1) is 5.86. The van der Waals surface area contributed by atoms with Crippen LogP contribution in [-0.2, 0) is 6.54 Å². The van der Waals surface area contributed by atoms with Gasteiger partial charge in [0.15, 0.2) is 0 Å². The van der Waals surface area contributed by atoms with Crippen molar-refractivity contribution in [3.8, 4) is 0 Å². The highest BCUT2D eigenvalue weighted by Gasteiger charge is 2.03. The van der Waals surface area contributed by atoms with Crippen LogP contribution >= 0.6 is 0 Å². The molecule has 0 bridgehead atoms. The van der Waals surface area contributed by atoms with Gasteiger partial charge in [-0.05, 0) is 19.5 Å². The molecular weight excluding hydrogens is 154 g/mol. The SMILES string of the molecule is CNC(CO)CCn1cccn1. The van der Waals surface area contributed by atoms with E-state index >= 15 is 0 Å². The fraction of sp³-hybridized carbons (Fsp3) is 0.625. The third-order valence-corrected chi connectivity index (χ3v) is 1.89. The molecule has 0 aliphatic rings. The Balaban J connectivity index is 2.25. The van der Waals surface area contributed by atoms with Crippen molar-refractivity contribution < 1.29 is 5.11 Å². The number of hydrogen-bond acceptors (Lipinski definition) is 3. The fourth-order valence-corrected chi connectivity index (χ4v) is 1.05. The zero-order chi connectivity index (χ0) is 8.81. The van der Waals surface area contributed by atoms with E-state index in [0.29, 0.717) is 0 Å². The van der Waals surface area contributed by atoms with E-state index in [1.165, 1.54) is 0 Å². The maximum absolute atomic E-state index is 8.86. The van der Waals surface area contributed by atoms with Gasteiger partial charge in [0.05, 0.1) is 6.61 Å². The predicted octanol–water partition coefficient (Wildman–Crippen LogP) is -0.147. The van der Waals surface area contributed by atoms with Crippen LogP contribution in [0.5, 0.6) is 0 Å². The lowest BCUT2D eigenvalue weighted by atomic mass is 10.2. The average molecular weight is 169 g/mol. The summed E-state index contributed by atoms with van der Waals surface area (Å²) in [5.41, 5.74) is 0. The molecule has 0 aliphatic carbocycles. The first-order valence-electron chi connectivity index (χ1n) is 4.12. The molecule has 1 aromatic rings. The molecule has 68 valence electrons. The molecule has 0 aromatic carbocycles. The van der Waals surface area contributed by atoms with Gasteiger partial charge >= 0.3 is 0 Å². The first-order valence-corrected chi connectivity index (χ1v) is 4.12. The van der Waals surface area contributed by atoms with Gasteiger partial charge in [-0.25, -0.2) is 0 Å². The second-order valence-electron chi connectivity index (χ2n) is 2.73. The highest BCUT2D eigenvalue weighted by atomic mass is 16.3. The molecule has 1 unspecified atom stereocenters. The summed E-state index contributed by atoms with van der Waals surface area (Å²) in [6, 6.07) is 2.07. The first kappa shape index (κ1) is 9.22. The summed E-state index contributed by atoms with van der Waals surface area (Å²) in [4.78, 5) is 0. The smallest absolute Gasteiger partial charge is 0.0585 e. The van der Waals surface area contributed by atoms with Gasteiger partial charge in [0.1, 0.15) is 0 Å². The van der Waals surface area contributed by atoms with Crippen molar-refractivity contribution in [3.05, 3.63) is 18.5 Å². The Morgan fingerprint density at radius 3 is 3.00 bits per heavy atom. The van der Waals surface area contributed by atoms with Crippen molar-refractivity contribution in [2.24, 2.45) is 0 Å². The molecule has 12 heavy (non-hydrogen) atoms. The number of aromatic nitrogens is 2. The van der Waals surface area contributed by atoms with E-state index in [-0.39, 0.29) is 12.6 Å². The van der Waals surface area contributed by atoms with Crippen molar-refractivity contribution in [3.63, 3.8) is 0 Å². The number of nitrogens with one attached hydrogen (secondary N) is 1. The zero-order valence-corrected chi connectivity index (χ0v) is 7.27. The Morgan fingerprint density at radius 2 is 2.50 bits per heavy atom. The van der Waals surface area contributed by atoms with Crippen LogP contribution in [-0.4, -0.2) is 34.6 Å². The molecule has 1 rings (SSSR count). The summed E-state index contributed by atoms with van der Waals surface area (Å²) >= 11 is 0. The Morgan fingerprint density at radius 1 is 1.67 bits per heavy atom. The molecule has 2 N–H and O–H groups in total. The van der Waals surface area contributed by atoms with E-state index in [1.807, 2.05) is 24.0 Å². The monoisotopic (exact) mass is 169 g/mol. The van der Waals surface area contributed by atoms with Crippen molar-refractivity contribution in [1.82, 2.24) is 15.1 Å². The van der Waals surface area contributed by atoms with Crippen molar-refractivity contribution >= 4 is 0 Å². The van der Waals surface area contributed by atoms with Gasteiger partial charge in [-0.15, -0.1) is 0 Å². The molecule has 1 aromatic heterocycles. The Bertz CT molecular complexity index is 194. The van der Waals surface area contributed by atoms with Crippen LogP contribution in [0, 0.1) is 0 Å². The molecule has 0 aliphatic heterocycles. The molecular formula is C8H15N3O. The summed E-state index contributed by atoms with van der Waals surface area (Å²) in [5.74, 6) is 0. The minimum atomic E-state index is 0.175. The molecule has 1 atom stereocenters. The van der Waals surface area contributed by atoms with E-state index in [0.717, 1.165) is 13.0 Å². The van der Waals surface area contributed by atoms with Crippen LogP contribution in [0.25, 0.3) is 0 Å². The molecule has 0 amide bonds.